The molecule has 0 bridgehead atoms. The number of benzene rings is 9. The van der Waals surface area contributed by atoms with Gasteiger partial charge in [-0.15, -0.1) is 0 Å². The highest BCUT2D eigenvalue weighted by molar-refractivity contribution is 6.12. The Morgan fingerprint density at radius 2 is 1.05 bits per heavy atom. The maximum atomic E-state index is 2.59. The number of anilines is 3. The number of nitrogens with zero attached hydrogens (tertiary/aromatic N) is 2. The monoisotopic (exact) mass is 850 g/mol. The zero-order valence-electron chi connectivity index (χ0n) is 38.4. The van der Waals surface area contributed by atoms with Crippen molar-refractivity contribution in [3.05, 3.63) is 216 Å². The standard InChI is InChI=1S/C64H54N2/c1-63(2)56-25-15-13-23-50(56)55-39-46(31-36-57(55)63)65(47-30-35-52-51-33-28-43(41-17-7-5-8-18-41)37-58(51)64(3,4)59(52)40-47)62-48-22-12-11-19-42(48)27-32-49(62)44-29-34-54-53-24-14-16-26-60(53)66(61(54)38-44)45-20-9-6-10-21-45/h6,9-16,19-41H,5,7-8,17-18H2,1-4H3. The third kappa shape index (κ3) is 5.80. The van der Waals surface area contributed by atoms with Crippen LogP contribution in [0.5, 0.6) is 0 Å². The number of hydrogen-bond acceptors (Lipinski definition) is 1. The van der Waals surface area contributed by atoms with Gasteiger partial charge in [0, 0.05) is 49.6 Å². The molecule has 1 saturated carbocycles. The molecule has 2 heteroatoms. The lowest BCUT2D eigenvalue weighted by atomic mass is 9.79. The molecule has 2 nitrogen and oxygen atoms in total. The largest absolute Gasteiger partial charge is 0.309 e. The number of hydrogen-bond donors (Lipinski definition) is 0. The van der Waals surface area contributed by atoms with E-state index in [9.17, 15) is 0 Å². The van der Waals surface area contributed by atoms with Crippen LogP contribution in [0.25, 0.3) is 71.6 Å². The lowest BCUT2D eigenvalue weighted by molar-refractivity contribution is 0.443. The maximum absolute atomic E-state index is 2.59. The third-order valence-corrected chi connectivity index (χ3v) is 16.0. The molecular formula is C64H54N2. The molecule has 0 saturated heterocycles. The lowest BCUT2D eigenvalue weighted by Crippen LogP contribution is -2.18. The highest BCUT2D eigenvalue weighted by atomic mass is 15.1. The molecule has 0 atom stereocenters. The van der Waals surface area contributed by atoms with E-state index >= 15 is 0 Å². The Morgan fingerprint density at radius 1 is 0.424 bits per heavy atom. The van der Waals surface area contributed by atoms with Crippen LogP contribution in [-0.2, 0) is 10.8 Å². The van der Waals surface area contributed by atoms with Crippen molar-refractivity contribution in [2.75, 3.05) is 4.90 Å². The lowest BCUT2D eigenvalue weighted by Gasteiger charge is -2.32. The minimum Gasteiger partial charge on any atom is -0.309 e. The number of para-hydroxylation sites is 2. The van der Waals surface area contributed by atoms with Crippen LogP contribution >= 0.6 is 0 Å². The summed E-state index contributed by atoms with van der Waals surface area (Å²) in [6, 6.07) is 71.6. The predicted molar refractivity (Wildman–Crippen MR) is 279 cm³/mol. The molecule has 1 aromatic heterocycles. The smallest absolute Gasteiger partial charge is 0.0618 e. The van der Waals surface area contributed by atoms with Crippen LogP contribution in [0.15, 0.2) is 188 Å². The Balaban J connectivity index is 1.06. The second-order valence-electron chi connectivity index (χ2n) is 20.3. The molecule has 0 aliphatic heterocycles. The Hall–Kier alpha value is -7.16. The van der Waals surface area contributed by atoms with Gasteiger partial charge in [-0.1, -0.05) is 186 Å². The zero-order valence-corrected chi connectivity index (χ0v) is 38.4. The fourth-order valence-electron chi connectivity index (χ4n) is 12.5. The molecule has 0 N–H and O–H groups in total. The van der Waals surface area contributed by atoms with E-state index in [1.165, 1.54) is 137 Å². The minimum atomic E-state index is -0.157. The Kier molecular flexibility index (Phi) is 8.72. The fraction of sp³-hybridized carbons (Fsp3) is 0.188. The van der Waals surface area contributed by atoms with Crippen LogP contribution in [0, 0.1) is 0 Å². The first kappa shape index (κ1) is 39.2. The summed E-state index contributed by atoms with van der Waals surface area (Å²) in [6.45, 7) is 9.66. The summed E-state index contributed by atoms with van der Waals surface area (Å²) in [5.41, 5.74) is 21.8. The Bertz CT molecular complexity index is 3580. The first-order valence-corrected chi connectivity index (χ1v) is 24.2. The second kappa shape index (κ2) is 14.7. The van der Waals surface area contributed by atoms with Crippen LogP contribution in [0.1, 0.15) is 93.5 Å². The average Bonchev–Trinajstić information content (AvgIpc) is 3.90. The van der Waals surface area contributed by atoms with Gasteiger partial charge in [-0.05, 0) is 128 Å². The predicted octanol–water partition coefficient (Wildman–Crippen LogP) is 17.7. The summed E-state index contributed by atoms with van der Waals surface area (Å²) >= 11 is 0. The van der Waals surface area contributed by atoms with Gasteiger partial charge in [-0.3, -0.25) is 0 Å². The summed E-state index contributed by atoms with van der Waals surface area (Å²) in [5.74, 6) is 0.669. The van der Waals surface area contributed by atoms with Crippen molar-refractivity contribution >= 4 is 49.6 Å². The Labute approximate surface area is 388 Å². The number of rotatable bonds is 6. The van der Waals surface area contributed by atoms with Crippen molar-refractivity contribution in [1.82, 2.24) is 4.57 Å². The van der Waals surface area contributed by atoms with Crippen LogP contribution in [0.2, 0.25) is 0 Å². The van der Waals surface area contributed by atoms with Gasteiger partial charge in [0.05, 0.1) is 16.7 Å². The Morgan fingerprint density at radius 3 is 1.89 bits per heavy atom. The van der Waals surface area contributed by atoms with E-state index in [4.69, 9.17) is 0 Å². The molecule has 13 rings (SSSR count). The van der Waals surface area contributed by atoms with Gasteiger partial charge in [0.2, 0.25) is 0 Å². The molecule has 0 radical (unpaired) electrons. The normalized spacial score (nSPS) is 15.8. The van der Waals surface area contributed by atoms with Crippen LogP contribution in [0.3, 0.4) is 0 Å². The summed E-state index contributed by atoms with van der Waals surface area (Å²) in [7, 11) is 0. The quantitative estimate of drug-likeness (QED) is 0.162. The molecular weight excluding hydrogens is 797 g/mol. The number of fused-ring (bicyclic) bond motifs is 10. The molecule has 0 unspecified atom stereocenters. The molecule has 320 valence electrons. The van der Waals surface area contributed by atoms with E-state index in [1.54, 1.807) is 0 Å². The molecule has 0 amide bonds. The van der Waals surface area contributed by atoms with E-state index in [1.807, 2.05) is 0 Å². The fourth-order valence-corrected chi connectivity index (χ4v) is 12.5. The average molecular weight is 851 g/mol. The molecule has 66 heavy (non-hydrogen) atoms. The second-order valence-corrected chi connectivity index (χ2v) is 20.3. The van der Waals surface area contributed by atoms with Crippen LogP contribution < -0.4 is 4.90 Å². The highest BCUT2D eigenvalue weighted by Gasteiger charge is 2.39. The van der Waals surface area contributed by atoms with Gasteiger partial charge in [-0.25, -0.2) is 0 Å². The molecule has 9 aromatic carbocycles. The van der Waals surface area contributed by atoms with Gasteiger partial charge in [0.25, 0.3) is 0 Å². The summed E-state index contributed by atoms with van der Waals surface area (Å²) in [6.07, 6.45) is 6.68. The van der Waals surface area contributed by atoms with E-state index < -0.39 is 0 Å². The zero-order chi connectivity index (χ0) is 44.3. The van der Waals surface area contributed by atoms with Crippen molar-refractivity contribution in [2.24, 2.45) is 0 Å². The van der Waals surface area contributed by atoms with Gasteiger partial charge in [0.1, 0.15) is 0 Å². The van der Waals surface area contributed by atoms with Gasteiger partial charge in [0.15, 0.2) is 0 Å². The first-order chi connectivity index (χ1) is 32.3. The van der Waals surface area contributed by atoms with E-state index in [0.29, 0.717) is 5.92 Å². The first-order valence-electron chi connectivity index (χ1n) is 24.2. The van der Waals surface area contributed by atoms with Gasteiger partial charge >= 0.3 is 0 Å². The maximum Gasteiger partial charge on any atom is 0.0618 e. The van der Waals surface area contributed by atoms with E-state index in [2.05, 4.69) is 225 Å². The van der Waals surface area contributed by atoms with E-state index in [0.717, 1.165) is 11.4 Å². The summed E-state index contributed by atoms with van der Waals surface area (Å²) in [5, 5.41) is 4.96. The molecule has 3 aliphatic carbocycles. The van der Waals surface area contributed by atoms with Crippen molar-refractivity contribution < 1.29 is 0 Å². The topological polar surface area (TPSA) is 8.17 Å². The molecule has 3 aliphatic rings. The molecule has 1 heterocycles. The van der Waals surface area contributed by atoms with E-state index in [-0.39, 0.29) is 10.8 Å². The summed E-state index contributed by atoms with van der Waals surface area (Å²) in [4.78, 5) is 2.59. The SMILES string of the molecule is CC1(C)c2ccccc2-c2cc(N(c3ccc4c(c3)C(C)(C)c3cc(C5CCCCC5)ccc3-4)c3c(-c4ccc5c6ccccc6n(-c6ccccc6)c5c4)ccc4ccccc34)ccc21. The van der Waals surface area contributed by atoms with Crippen LogP contribution in [-0.4, -0.2) is 4.57 Å². The van der Waals surface area contributed by atoms with Crippen molar-refractivity contribution in [2.45, 2.75) is 76.5 Å². The van der Waals surface area contributed by atoms with Gasteiger partial charge < -0.3 is 9.47 Å². The molecule has 0 spiro atoms. The van der Waals surface area contributed by atoms with Crippen molar-refractivity contribution in [3.8, 4) is 39.1 Å². The number of aromatic nitrogens is 1. The molecule has 10 aromatic rings. The van der Waals surface area contributed by atoms with Gasteiger partial charge in [-0.2, -0.15) is 0 Å². The minimum absolute atomic E-state index is 0.0909. The van der Waals surface area contributed by atoms with Crippen molar-refractivity contribution in [3.63, 3.8) is 0 Å². The highest BCUT2D eigenvalue weighted by Crippen LogP contribution is 2.55. The summed E-state index contributed by atoms with van der Waals surface area (Å²) < 4.78 is 2.44. The third-order valence-electron chi connectivity index (χ3n) is 16.0. The van der Waals surface area contributed by atoms with Crippen LogP contribution in [0.4, 0.5) is 17.1 Å². The molecule has 1 fully saturated rings. The van der Waals surface area contributed by atoms with Crippen molar-refractivity contribution in [1.29, 1.82) is 0 Å².